The zero-order chi connectivity index (χ0) is 22.5. The zero-order valence-electron chi connectivity index (χ0n) is 18.7. The van der Waals surface area contributed by atoms with Gasteiger partial charge in [0.15, 0.2) is 0 Å². The van der Waals surface area contributed by atoms with E-state index < -0.39 is 0 Å². The van der Waals surface area contributed by atoms with E-state index in [0.717, 1.165) is 25.0 Å². The summed E-state index contributed by atoms with van der Waals surface area (Å²) >= 11 is 0. The number of amides is 2. The van der Waals surface area contributed by atoms with Gasteiger partial charge in [-0.1, -0.05) is 68.3 Å². The second-order valence-corrected chi connectivity index (χ2v) is 9.33. The van der Waals surface area contributed by atoms with Gasteiger partial charge >= 0.3 is 0 Å². The number of rotatable bonds is 6. The highest BCUT2D eigenvalue weighted by Gasteiger charge is 2.61. The lowest BCUT2D eigenvalue weighted by molar-refractivity contribution is -0.122. The van der Waals surface area contributed by atoms with Crippen molar-refractivity contribution in [3.63, 3.8) is 0 Å². The van der Waals surface area contributed by atoms with Crippen LogP contribution in [0.3, 0.4) is 0 Å². The Morgan fingerprint density at radius 1 is 0.697 bits per heavy atom. The number of carbonyl (C=O) groups excluding carboxylic acids is 2. The van der Waals surface area contributed by atoms with Crippen LogP contribution >= 0.6 is 0 Å². The van der Waals surface area contributed by atoms with E-state index in [1.165, 1.54) is 27.2 Å². The van der Waals surface area contributed by atoms with Gasteiger partial charge < -0.3 is 4.74 Å². The van der Waals surface area contributed by atoms with Gasteiger partial charge in [-0.05, 0) is 52.9 Å². The molecule has 2 amide bonds. The number of hydrogen-bond donors (Lipinski definition) is 0. The topological polar surface area (TPSA) is 46.6 Å². The standard InChI is InChI=1S/C29H27NO3/c1-2-3-8-17-33-19-15-13-18(14-16-19)30-28(31)26-24-20-9-4-5-10-21(20)25(27(26)29(30)32)23-12-7-6-11-22(23)24/h4-7,9-16,24-27H,2-3,8,17H2,1H3/t24?,25?,26-,27-/m1/s1. The van der Waals surface area contributed by atoms with E-state index in [2.05, 4.69) is 31.2 Å². The van der Waals surface area contributed by atoms with Crippen LogP contribution in [-0.4, -0.2) is 18.4 Å². The monoisotopic (exact) mass is 437 g/mol. The minimum absolute atomic E-state index is 0.0741. The molecule has 0 N–H and O–H groups in total. The van der Waals surface area contributed by atoms with E-state index in [0.29, 0.717) is 12.3 Å². The van der Waals surface area contributed by atoms with Crippen molar-refractivity contribution in [2.24, 2.45) is 11.8 Å². The average Bonchev–Trinajstić information content (AvgIpc) is 3.13. The first-order valence-corrected chi connectivity index (χ1v) is 12.0. The number of hydrogen-bond acceptors (Lipinski definition) is 3. The Bertz CT molecular complexity index is 1120. The number of anilines is 1. The SMILES string of the molecule is CCCCCOc1ccc(N2C(=O)[C@@H]3C4c5ccccc5C(c5ccccc54)[C@H]3C2=O)cc1. The van der Waals surface area contributed by atoms with Crippen LogP contribution in [0, 0.1) is 11.8 Å². The van der Waals surface area contributed by atoms with E-state index in [-0.39, 0.29) is 35.5 Å². The molecule has 1 heterocycles. The zero-order valence-corrected chi connectivity index (χ0v) is 18.7. The fraction of sp³-hybridized carbons (Fsp3) is 0.310. The summed E-state index contributed by atoms with van der Waals surface area (Å²) in [6.07, 6.45) is 3.32. The second kappa shape index (κ2) is 7.87. The van der Waals surface area contributed by atoms with Crippen LogP contribution in [0.15, 0.2) is 72.8 Å². The summed E-state index contributed by atoms with van der Waals surface area (Å²) in [5.74, 6) is -0.243. The fourth-order valence-electron chi connectivity index (χ4n) is 6.17. The number of ether oxygens (including phenoxy) is 1. The largest absolute Gasteiger partial charge is 0.494 e. The summed E-state index contributed by atoms with van der Waals surface area (Å²) in [6, 6.07) is 24.1. The van der Waals surface area contributed by atoms with Gasteiger partial charge in [0.05, 0.1) is 24.1 Å². The molecule has 2 atom stereocenters. The molecule has 1 saturated heterocycles. The van der Waals surface area contributed by atoms with Gasteiger partial charge in [0.25, 0.3) is 0 Å². The van der Waals surface area contributed by atoms with Gasteiger partial charge in [-0.3, -0.25) is 9.59 Å². The molecule has 2 bridgehead atoms. The Morgan fingerprint density at radius 3 is 1.64 bits per heavy atom. The molecule has 0 aromatic heterocycles. The molecule has 3 aromatic rings. The summed E-state index contributed by atoms with van der Waals surface area (Å²) in [6.45, 7) is 2.85. The maximum Gasteiger partial charge on any atom is 0.238 e. The van der Waals surface area contributed by atoms with Crippen LogP contribution < -0.4 is 9.64 Å². The van der Waals surface area contributed by atoms with Crippen LogP contribution in [0.1, 0.15) is 60.3 Å². The Kier molecular flexibility index (Phi) is 4.83. The van der Waals surface area contributed by atoms with Crippen LogP contribution in [-0.2, 0) is 9.59 Å². The van der Waals surface area contributed by atoms with Crippen molar-refractivity contribution in [2.45, 2.75) is 38.0 Å². The van der Waals surface area contributed by atoms with Gasteiger partial charge in [-0.15, -0.1) is 0 Å². The molecule has 7 rings (SSSR count). The molecule has 33 heavy (non-hydrogen) atoms. The lowest BCUT2D eigenvalue weighted by atomic mass is 9.55. The molecule has 4 aliphatic rings. The molecule has 1 aliphatic heterocycles. The number of carbonyl (C=O) groups is 2. The molecular formula is C29H27NO3. The third kappa shape index (κ3) is 2.97. The van der Waals surface area contributed by atoms with Gasteiger partial charge in [0, 0.05) is 11.8 Å². The van der Waals surface area contributed by atoms with Crippen LogP contribution in [0.2, 0.25) is 0 Å². The smallest absolute Gasteiger partial charge is 0.238 e. The Labute approximate surface area is 194 Å². The predicted octanol–water partition coefficient (Wildman–Crippen LogP) is 5.65. The Morgan fingerprint density at radius 2 is 1.18 bits per heavy atom. The van der Waals surface area contributed by atoms with Gasteiger partial charge in [0.1, 0.15) is 5.75 Å². The first kappa shape index (κ1) is 20.2. The number of benzene rings is 3. The molecule has 4 heteroatoms. The Hall–Kier alpha value is -3.40. The quantitative estimate of drug-likeness (QED) is 0.370. The number of unbranched alkanes of at least 4 members (excludes halogenated alkanes) is 2. The normalized spacial score (nSPS) is 24.5. The van der Waals surface area contributed by atoms with Crippen LogP contribution in [0.5, 0.6) is 5.75 Å². The van der Waals surface area contributed by atoms with Crippen molar-refractivity contribution >= 4 is 17.5 Å². The van der Waals surface area contributed by atoms with E-state index in [1.807, 2.05) is 48.5 Å². The Balaban J connectivity index is 1.35. The van der Waals surface area contributed by atoms with E-state index >= 15 is 0 Å². The van der Waals surface area contributed by atoms with Gasteiger partial charge in [-0.25, -0.2) is 4.90 Å². The van der Waals surface area contributed by atoms with Gasteiger partial charge in [0.2, 0.25) is 11.8 Å². The van der Waals surface area contributed by atoms with Crippen LogP contribution in [0.4, 0.5) is 5.69 Å². The van der Waals surface area contributed by atoms with Crippen molar-refractivity contribution in [1.29, 1.82) is 0 Å². The fourth-order valence-corrected chi connectivity index (χ4v) is 6.17. The molecule has 3 aliphatic carbocycles. The summed E-state index contributed by atoms with van der Waals surface area (Å²) in [5.41, 5.74) is 5.41. The predicted molar refractivity (Wildman–Crippen MR) is 128 cm³/mol. The molecule has 166 valence electrons. The maximum absolute atomic E-state index is 13.8. The number of imide groups is 1. The summed E-state index contributed by atoms with van der Waals surface area (Å²) in [4.78, 5) is 29.0. The highest BCUT2D eigenvalue weighted by atomic mass is 16.5. The second-order valence-electron chi connectivity index (χ2n) is 9.33. The van der Waals surface area contributed by atoms with E-state index in [9.17, 15) is 9.59 Å². The van der Waals surface area contributed by atoms with Crippen molar-refractivity contribution < 1.29 is 14.3 Å². The summed E-state index contributed by atoms with van der Waals surface area (Å²) < 4.78 is 5.81. The van der Waals surface area contributed by atoms with Crippen molar-refractivity contribution in [3.05, 3.63) is 95.1 Å². The van der Waals surface area contributed by atoms with Crippen LogP contribution in [0.25, 0.3) is 0 Å². The van der Waals surface area contributed by atoms with E-state index in [1.54, 1.807) is 0 Å². The third-order valence-corrected chi connectivity index (χ3v) is 7.56. The molecule has 0 spiro atoms. The molecule has 0 saturated carbocycles. The van der Waals surface area contributed by atoms with Crippen molar-refractivity contribution in [1.82, 2.24) is 0 Å². The summed E-state index contributed by atoms with van der Waals surface area (Å²) in [7, 11) is 0. The molecule has 0 radical (unpaired) electrons. The molecule has 3 aromatic carbocycles. The van der Waals surface area contributed by atoms with Crippen molar-refractivity contribution in [2.75, 3.05) is 11.5 Å². The number of nitrogens with zero attached hydrogens (tertiary/aromatic N) is 1. The lowest BCUT2D eigenvalue weighted by Gasteiger charge is -2.45. The van der Waals surface area contributed by atoms with Crippen molar-refractivity contribution in [3.8, 4) is 5.75 Å². The highest BCUT2D eigenvalue weighted by Crippen LogP contribution is 2.61. The minimum Gasteiger partial charge on any atom is -0.494 e. The van der Waals surface area contributed by atoms with E-state index in [4.69, 9.17) is 4.74 Å². The summed E-state index contributed by atoms with van der Waals surface area (Å²) in [5, 5.41) is 0. The third-order valence-electron chi connectivity index (χ3n) is 7.56. The minimum atomic E-state index is -0.350. The highest BCUT2D eigenvalue weighted by molar-refractivity contribution is 6.23. The maximum atomic E-state index is 13.8. The first-order valence-electron chi connectivity index (χ1n) is 12.0. The molecule has 4 nitrogen and oxygen atoms in total. The molecule has 1 fully saturated rings. The average molecular weight is 438 g/mol. The molecule has 0 unspecified atom stereocenters. The first-order chi connectivity index (χ1) is 16.2. The lowest BCUT2D eigenvalue weighted by Crippen LogP contribution is -2.41. The van der Waals surface area contributed by atoms with Gasteiger partial charge in [-0.2, -0.15) is 0 Å². The molecular weight excluding hydrogens is 410 g/mol.